The maximum Gasteiger partial charge on any atom is 0.341 e. The normalized spacial score (nSPS) is 31.4. The number of carbonyl (C=O) groups is 2. The summed E-state index contributed by atoms with van der Waals surface area (Å²) in [5, 5.41) is 3.60. The minimum Gasteiger partial charge on any atom is -0.465 e. The smallest absolute Gasteiger partial charge is 0.341 e. The number of methoxy groups -OCH3 is 1. The van der Waals surface area contributed by atoms with Gasteiger partial charge in [-0.05, 0) is 82.7 Å². The van der Waals surface area contributed by atoms with Gasteiger partial charge in [-0.15, -0.1) is 11.3 Å². The van der Waals surface area contributed by atoms with Crippen LogP contribution in [0.1, 0.15) is 59.3 Å². The second-order valence-electron chi connectivity index (χ2n) is 9.03. The molecule has 0 aromatic carbocycles. The van der Waals surface area contributed by atoms with Gasteiger partial charge in [0.25, 0.3) is 0 Å². The Labute approximate surface area is 165 Å². The van der Waals surface area contributed by atoms with Crippen molar-refractivity contribution in [1.29, 1.82) is 0 Å². The zero-order chi connectivity index (χ0) is 19.3. The summed E-state index contributed by atoms with van der Waals surface area (Å²) in [5.74, 6) is 2.14. The largest absolute Gasteiger partial charge is 0.465 e. The standard InChI is InChI=1S/C21H30N2O3S/c1-12-13(2)27-19(18(12)20(25)26-4)22-17(24)11-23(3)21-8-14-5-15(9-21)7-16(6-14)10-21/h14-16H,5-11H2,1-4H3,(H,22,24). The van der Waals surface area contributed by atoms with Gasteiger partial charge in [-0.3, -0.25) is 9.69 Å². The molecule has 4 saturated carbocycles. The third-order valence-electron chi connectivity index (χ3n) is 7.22. The number of ether oxygens (including phenoxy) is 1. The van der Waals surface area contributed by atoms with Crippen molar-refractivity contribution in [2.45, 2.75) is 57.9 Å². The van der Waals surface area contributed by atoms with Crippen LogP contribution in [-0.4, -0.2) is 43.0 Å². The van der Waals surface area contributed by atoms with Crippen molar-refractivity contribution in [2.75, 3.05) is 26.0 Å². The van der Waals surface area contributed by atoms with Crippen molar-refractivity contribution in [2.24, 2.45) is 17.8 Å². The molecule has 5 rings (SSSR count). The van der Waals surface area contributed by atoms with E-state index in [-0.39, 0.29) is 17.4 Å². The number of hydrogen-bond acceptors (Lipinski definition) is 5. The summed E-state index contributed by atoms with van der Waals surface area (Å²) in [4.78, 5) is 28.3. The van der Waals surface area contributed by atoms with Gasteiger partial charge in [-0.1, -0.05) is 0 Å². The average molecular weight is 391 g/mol. The van der Waals surface area contributed by atoms with Crippen LogP contribution in [0.25, 0.3) is 0 Å². The molecule has 0 spiro atoms. The van der Waals surface area contributed by atoms with Gasteiger partial charge in [0.1, 0.15) is 5.00 Å². The molecule has 0 saturated heterocycles. The lowest BCUT2D eigenvalue weighted by molar-refractivity contribution is -0.123. The Kier molecular flexibility index (Phi) is 4.83. The summed E-state index contributed by atoms with van der Waals surface area (Å²) in [5.41, 5.74) is 1.58. The third kappa shape index (κ3) is 3.31. The molecule has 0 radical (unpaired) electrons. The van der Waals surface area contributed by atoms with E-state index in [1.165, 1.54) is 57.0 Å². The summed E-state index contributed by atoms with van der Waals surface area (Å²) < 4.78 is 4.90. The van der Waals surface area contributed by atoms with E-state index in [9.17, 15) is 9.59 Å². The Morgan fingerprint density at radius 3 is 2.22 bits per heavy atom. The lowest BCUT2D eigenvalue weighted by atomic mass is 9.52. The highest BCUT2D eigenvalue weighted by Crippen LogP contribution is 2.57. The zero-order valence-corrected chi connectivity index (χ0v) is 17.6. The van der Waals surface area contributed by atoms with E-state index in [0.29, 0.717) is 17.1 Å². The number of nitrogens with zero attached hydrogens (tertiary/aromatic N) is 1. The van der Waals surface area contributed by atoms with E-state index in [1.807, 2.05) is 13.8 Å². The Morgan fingerprint density at radius 1 is 1.15 bits per heavy atom. The van der Waals surface area contributed by atoms with Crippen molar-refractivity contribution >= 4 is 28.2 Å². The molecule has 6 heteroatoms. The molecule has 1 heterocycles. The van der Waals surface area contributed by atoms with E-state index >= 15 is 0 Å². The van der Waals surface area contributed by atoms with Crippen LogP contribution in [0.15, 0.2) is 0 Å². The third-order valence-corrected chi connectivity index (χ3v) is 8.35. The fourth-order valence-electron chi connectivity index (χ4n) is 6.14. The van der Waals surface area contributed by atoms with Crippen LogP contribution in [0.2, 0.25) is 0 Å². The van der Waals surface area contributed by atoms with Crippen LogP contribution in [-0.2, 0) is 9.53 Å². The Bertz CT molecular complexity index is 734. The number of hydrogen-bond donors (Lipinski definition) is 1. The molecular formula is C21H30N2O3S. The van der Waals surface area contributed by atoms with Crippen molar-refractivity contribution in [3.8, 4) is 0 Å². The fourth-order valence-corrected chi connectivity index (χ4v) is 7.21. The fraction of sp³-hybridized carbons (Fsp3) is 0.714. The molecule has 0 atom stereocenters. The highest BCUT2D eigenvalue weighted by molar-refractivity contribution is 7.16. The van der Waals surface area contributed by atoms with E-state index in [2.05, 4.69) is 17.3 Å². The van der Waals surface area contributed by atoms with Crippen molar-refractivity contribution < 1.29 is 14.3 Å². The lowest BCUT2D eigenvalue weighted by Gasteiger charge is -2.59. The Morgan fingerprint density at radius 2 is 1.70 bits per heavy atom. The minimum absolute atomic E-state index is 0.0420. The molecule has 4 fully saturated rings. The predicted molar refractivity (Wildman–Crippen MR) is 107 cm³/mol. The molecule has 4 bridgehead atoms. The molecule has 1 aromatic rings. The molecule has 1 amide bonds. The summed E-state index contributed by atoms with van der Waals surface area (Å²) in [7, 11) is 3.49. The van der Waals surface area contributed by atoms with Crippen LogP contribution in [0.4, 0.5) is 5.00 Å². The van der Waals surface area contributed by atoms with Gasteiger partial charge in [-0.25, -0.2) is 4.79 Å². The second-order valence-corrected chi connectivity index (χ2v) is 10.2. The first-order chi connectivity index (χ1) is 12.8. The zero-order valence-electron chi connectivity index (χ0n) is 16.8. The number of aryl methyl sites for hydroxylation is 1. The van der Waals surface area contributed by atoms with E-state index < -0.39 is 0 Å². The maximum absolute atomic E-state index is 12.8. The van der Waals surface area contributed by atoms with Gasteiger partial charge in [0.15, 0.2) is 0 Å². The predicted octanol–water partition coefficient (Wildman–Crippen LogP) is 3.99. The van der Waals surface area contributed by atoms with Gasteiger partial charge in [-0.2, -0.15) is 0 Å². The quantitative estimate of drug-likeness (QED) is 0.773. The lowest BCUT2D eigenvalue weighted by Crippen LogP contribution is -2.59. The van der Waals surface area contributed by atoms with Crippen molar-refractivity contribution in [3.63, 3.8) is 0 Å². The van der Waals surface area contributed by atoms with Gasteiger partial charge < -0.3 is 10.1 Å². The molecule has 4 aliphatic carbocycles. The molecule has 1 aromatic heterocycles. The molecular weight excluding hydrogens is 360 g/mol. The summed E-state index contributed by atoms with van der Waals surface area (Å²) in [6.45, 7) is 4.24. The number of anilines is 1. The molecule has 148 valence electrons. The summed E-state index contributed by atoms with van der Waals surface area (Å²) in [6, 6.07) is 0. The van der Waals surface area contributed by atoms with Gasteiger partial charge in [0.2, 0.25) is 5.91 Å². The van der Waals surface area contributed by atoms with Gasteiger partial charge in [0.05, 0.1) is 19.2 Å². The van der Waals surface area contributed by atoms with Crippen LogP contribution in [0, 0.1) is 31.6 Å². The molecule has 27 heavy (non-hydrogen) atoms. The number of thiophene rings is 1. The molecule has 0 aliphatic heterocycles. The van der Waals surface area contributed by atoms with E-state index in [4.69, 9.17) is 4.74 Å². The van der Waals surface area contributed by atoms with Crippen molar-refractivity contribution in [1.82, 2.24) is 4.90 Å². The van der Waals surface area contributed by atoms with Crippen molar-refractivity contribution in [3.05, 3.63) is 16.0 Å². The summed E-state index contributed by atoms with van der Waals surface area (Å²) >= 11 is 1.45. The van der Waals surface area contributed by atoms with Crippen LogP contribution >= 0.6 is 11.3 Å². The number of esters is 1. The Balaban J connectivity index is 1.46. The van der Waals surface area contributed by atoms with Crippen LogP contribution < -0.4 is 5.32 Å². The number of amides is 1. The molecule has 0 unspecified atom stereocenters. The highest BCUT2D eigenvalue weighted by atomic mass is 32.1. The minimum atomic E-state index is -0.387. The molecule has 4 aliphatic rings. The summed E-state index contributed by atoms with van der Waals surface area (Å²) in [6.07, 6.45) is 7.93. The molecule has 5 nitrogen and oxygen atoms in total. The number of rotatable bonds is 5. The highest BCUT2D eigenvalue weighted by Gasteiger charge is 2.52. The Hall–Kier alpha value is -1.40. The van der Waals surface area contributed by atoms with Crippen LogP contribution in [0.5, 0.6) is 0 Å². The maximum atomic E-state index is 12.8. The van der Waals surface area contributed by atoms with Gasteiger partial charge in [0, 0.05) is 10.4 Å². The molecule has 1 N–H and O–H groups in total. The monoisotopic (exact) mass is 390 g/mol. The SMILES string of the molecule is COC(=O)c1c(NC(=O)CN(C)C23CC4CC(CC(C4)C2)C3)sc(C)c1C. The van der Waals surface area contributed by atoms with Crippen LogP contribution in [0.3, 0.4) is 0 Å². The number of likely N-dealkylation sites (N-methyl/N-ethyl adjacent to an activating group) is 1. The number of nitrogens with one attached hydrogen (secondary N) is 1. The van der Waals surface area contributed by atoms with E-state index in [1.54, 1.807) is 0 Å². The average Bonchev–Trinajstić information content (AvgIpc) is 2.86. The van der Waals surface area contributed by atoms with E-state index in [0.717, 1.165) is 28.2 Å². The first-order valence-corrected chi connectivity index (χ1v) is 10.8. The number of carbonyl (C=O) groups excluding carboxylic acids is 2. The first kappa shape index (κ1) is 18.9. The topological polar surface area (TPSA) is 58.6 Å². The second kappa shape index (κ2) is 6.89. The first-order valence-electron chi connectivity index (χ1n) is 10.0. The van der Waals surface area contributed by atoms with Gasteiger partial charge >= 0.3 is 5.97 Å².